The van der Waals surface area contributed by atoms with Gasteiger partial charge in [0.05, 0.1) is 11.3 Å². The highest BCUT2D eigenvalue weighted by Crippen LogP contribution is 2.17. The molecular formula is C11H17N3O3. The third kappa shape index (κ3) is 3.05. The molecule has 1 aromatic rings. The lowest BCUT2D eigenvalue weighted by Crippen LogP contribution is -2.38. The van der Waals surface area contributed by atoms with Gasteiger partial charge in [0.2, 0.25) is 0 Å². The highest BCUT2D eigenvalue weighted by atomic mass is 16.4. The van der Waals surface area contributed by atoms with E-state index in [9.17, 15) is 9.59 Å². The van der Waals surface area contributed by atoms with E-state index in [-0.39, 0.29) is 5.92 Å². The van der Waals surface area contributed by atoms with Crippen LogP contribution in [0.5, 0.6) is 0 Å². The van der Waals surface area contributed by atoms with Gasteiger partial charge in [-0.15, -0.1) is 0 Å². The zero-order valence-electron chi connectivity index (χ0n) is 10.4. The number of nitrogens with zero attached hydrogens (tertiary/aromatic N) is 2. The topological polar surface area (TPSA) is 84.2 Å². The molecular weight excluding hydrogens is 222 g/mol. The summed E-state index contributed by atoms with van der Waals surface area (Å²) in [5.41, 5.74) is 1.10. The van der Waals surface area contributed by atoms with Crippen molar-refractivity contribution in [3.05, 3.63) is 17.5 Å². The Morgan fingerprint density at radius 1 is 1.41 bits per heavy atom. The van der Waals surface area contributed by atoms with Crippen LogP contribution in [0.2, 0.25) is 0 Å². The largest absolute Gasteiger partial charge is 0.480 e. The molecule has 0 aliphatic carbocycles. The highest BCUT2D eigenvalue weighted by Gasteiger charge is 2.21. The summed E-state index contributed by atoms with van der Waals surface area (Å²) in [4.78, 5) is 22.5. The van der Waals surface area contributed by atoms with Gasteiger partial charge in [-0.1, -0.05) is 13.8 Å². The van der Waals surface area contributed by atoms with Crippen molar-refractivity contribution in [1.29, 1.82) is 0 Å². The van der Waals surface area contributed by atoms with E-state index < -0.39 is 17.9 Å². The summed E-state index contributed by atoms with van der Waals surface area (Å²) >= 11 is 0. The molecule has 1 atom stereocenters. The van der Waals surface area contributed by atoms with Gasteiger partial charge in [0.1, 0.15) is 6.04 Å². The monoisotopic (exact) mass is 239 g/mol. The summed E-state index contributed by atoms with van der Waals surface area (Å²) in [6, 6.07) is -0.914. The van der Waals surface area contributed by atoms with Crippen molar-refractivity contribution in [3.8, 4) is 0 Å². The second kappa shape index (κ2) is 4.99. The lowest BCUT2D eigenvalue weighted by molar-refractivity contribution is -0.138. The van der Waals surface area contributed by atoms with Gasteiger partial charge >= 0.3 is 5.97 Å². The van der Waals surface area contributed by atoms with Gasteiger partial charge < -0.3 is 10.4 Å². The van der Waals surface area contributed by atoms with Crippen LogP contribution >= 0.6 is 0 Å². The first-order valence-corrected chi connectivity index (χ1v) is 5.40. The van der Waals surface area contributed by atoms with Crippen molar-refractivity contribution in [2.75, 3.05) is 0 Å². The zero-order chi connectivity index (χ0) is 13.2. The molecule has 0 unspecified atom stereocenters. The number of hydrogen-bond acceptors (Lipinski definition) is 3. The Morgan fingerprint density at radius 3 is 2.47 bits per heavy atom. The second-order valence-electron chi connectivity index (χ2n) is 4.29. The van der Waals surface area contributed by atoms with Crippen LogP contribution in [0.3, 0.4) is 0 Å². The van der Waals surface area contributed by atoms with Gasteiger partial charge in [0.25, 0.3) is 5.91 Å². The molecule has 0 aliphatic heterocycles. The molecule has 6 heteroatoms. The number of amides is 1. The van der Waals surface area contributed by atoms with E-state index in [1.165, 1.54) is 6.92 Å². The van der Waals surface area contributed by atoms with Crippen LogP contribution in [0, 0.1) is 0 Å². The van der Waals surface area contributed by atoms with Crippen molar-refractivity contribution in [2.45, 2.75) is 32.7 Å². The predicted octanol–water partition coefficient (Wildman–Crippen LogP) is 0.746. The molecule has 94 valence electrons. The Balaban J connectivity index is 2.92. The van der Waals surface area contributed by atoms with Gasteiger partial charge in [-0.3, -0.25) is 14.3 Å². The van der Waals surface area contributed by atoms with Crippen LogP contribution in [0.25, 0.3) is 0 Å². The second-order valence-corrected chi connectivity index (χ2v) is 4.29. The van der Waals surface area contributed by atoms with E-state index in [0.717, 1.165) is 0 Å². The molecule has 1 heterocycles. The number of rotatable bonds is 4. The van der Waals surface area contributed by atoms with Gasteiger partial charge in [0, 0.05) is 13.2 Å². The van der Waals surface area contributed by atoms with Crippen molar-refractivity contribution in [2.24, 2.45) is 7.05 Å². The molecule has 0 aliphatic rings. The average Bonchev–Trinajstić information content (AvgIpc) is 2.60. The Bertz CT molecular complexity index is 437. The van der Waals surface area contributed by atoms with Crippen molar-refractivity contribution >= 4 is 11.9 Å². The summed E-state index contributed by atoms with van der Waals surface area (Å²) < 4.78 is 1.55. The number of carboxylic acid groups (broad SMARTS) is 1. The molecule has 1 aromatic heterocycles. The van der Waals surface area contributed by atoms with Crippen LogP contribution in [-0.4, -0.2) is 32.8 Å². The Hall–Kier alpha value is -1.85. The maximum Gasteiger partial charge on any atom is 0.325 e. The number of carbonyl (C=O) groups excluding carboxylic acids is 1. The first-order valence-electron chi connectivity index (χ1n) is 5.40. The number of aryl methyl sites for hydroxylation is 1. The number of carboxylic acids is 1. The third-order valence-electron chi connectivity index (χ3n) is 2.37. The molecule has 0 radical (unpaired) electrons. The minimum atomic E-state index is -1.06. The van der Waals surface area contributed by atoms with Crippen LogP contribution < -0.4 is 5.32 Å². The summed E-state index contributed by atoms with van der Waals surface area (Å²) in [5, 5.41) is 15.3. The molecule has 6 nitrogen and oxygen atoms in total. The summed E-state index contributed by atoms with van der Waals surface area (Å²) in [7, 11) is 1.73. The normalized spacial score (nSPS) is 12.5. The number of nitrogens with one attached hydrogen (secondary N) is 1. The number of aliphatic carboxylic acids is 1. The molecule has 1 rings (SSSR count). The fraction of sp³-hybridized carbons (Fsp3) is 0.545. The quantitative estimate of drug-likeness (QED) is 0.811. The predicted molar refractivity (Wildman–Crippen MR) is 61.9 cm³/mol. The third-order valence-corrected chi connectivity index (χ3v) is 2.37. The summed E-state index contributed by atoms with van der Waals surface area (Å²) in [5.74, 6) is -1.36. The number of aromatic nitrogens is 2. The smallest absolute Gasteiger partial charge is 0.325 e. The zero-order valence-corrected chi connectivity index (χ0v) is 10.4. The van der Waals surface area contributed by atoms with E-state index in [4.69, 9.17) is 5.11 Å². The van der Waals surface area contributed by atoms with Crippen LogP contribution in [0.1, 0.15) is 42.7 Å². The van der Waals surface area contributed by atoms with Crippen LogP contribution in [-0.2, 0) is 11.8 Å². The van der Waals surface area contributed by atoms with Gasteiger partial charge in [-0.05, 0) is 12.8 Å². The van der Waals surface area contributed by atoms with E-state index in [0.29, 0.717) is 11.3 Å². The van der Waals surface area contributed by atoms with Gasteiger partial charge in [-0.2, -0.15) is 5.10 Å². The molecule has 1 amide bonds. The number of hydrogen-bond donors (Lipinski definition) is 2. The molecule has 2 N–H and O–H groups in total. The van der Waals surface area contributed by atoms with Gasteiger partial charge in [-0.25, -0.2) is 0 Å². The van der Waals surface area contributed by atoms with Crippen molar-refractivity contribution in [1.82, 2.24) is 15.1 Å². The number of carbonyl (C=O) groups is 2. The van der Waals surface area contributed by atoms with E-state index in [1.54, 1.807) is 17.9 Å². The molecule has 17 heavy (non-hydrogen) atoms. The average molecular weight is 239 g/mol. The lowest BCUT2D eigenvalue weighted by atomic mass is 10.1. The fourth-order valence-corrected chi connectivity index (χ4v) is 1.44. The van der Waals surface area contributed by atoms with E-state index >= 15 is 0 Å². The molecule has 0 saturated heterocycles. The Kier molecular flexibility index (Phi) is 3.88. The first-order chi connectivity index (χ1) is 7.82. The Labute approximate surface area is 99.6 Å². The van der Waals surface area contributed by atoms with E-state index in [1.807, 2.05) is 13.8 Å². The van der Waals surface area contributed by atoms with Crippen molar-refractivity contribution < 1.29 is 14.7 Å². The van der Waals surface area contributed by atoms with Crippen molar-refractivity contribution in [3.63, 3.8) is 0 Å². The summed E-state index contributed by atoms with van der Waals surface area (Å²) in [6.07, 6.45) is 1.60. The highest BCUT2D eigenvalue weighted by molar-refractivity contribution is 5.97. The van der Waals surface area contributed by atoms with Crippen LogP contribution in [0.15, 0.2) is 6.20 Å². The fourth-order valence-electron chi connectivity index (χ4n) is 1.44. The standard InChI is InChI=1S/C11H17N3O3/c1-6(2)9-8(5-14(4)13-9)10(15)12-7(3)11(16)17/h5-7H,1-4H3,(H,12,15)(H,16,17)/t7-/m1/s1. The molecule has 0 spiro atoms. The SMILES string of the molecule is CC(C)c1nn(C)cc1C(=O)N[C@H](C)C(=O)O. The lowest BCUT2D eigenvalue weighted by Gasteiger charge is -2.09. The molecule has 0 fully saturated rings. The maximum absolute atomic E-state index is 11.9. The first kappa shape index (κ1) is 13.2. The van der Waals surface area contributed by atoms with Crippen LogP contribution in [0.4, 0.5) is 0 Å². The minimum Gasteiger partial charge on any atom is -0.480 e. The Morgan fingerprint density at radius 2 is 2.00 bits per heavy atom. The minimum absolute atomic E-state index is 0.108. The maximum atomic E-state index is 11.9. The molecule has 0 aromatic carbocycles. The summed E-state index contributed by atoms with van der Waals surface area (Å²) in [6.45, 7) is 5.28. The van der Waals surface area contributed by atoms with E-state index in [2.05, 4.69) is 10.4 Å². The molecule has 0 bridgehead atoms. The molecule has 0 saturated carbocycles. The van der Waals surface area contributed by atoms with Gasteiger partial charge in [0.15, 0.2) is 0 Å².